The van der Waals surface area contributed by atoms with Crippen LogP contribution in [-0.4, -0.2) is 42.7 Å². The molecule has 2 aromatic carbocycles. The van der Waals surface area contributed by atoms with Crippen LogP contribution in [-0.2, 0) is 24.8 Å². The Kier molecular flexibility index (Phi) is 7.03. The van der Waals surface area contributed by atoms with Crippen molar-refractivity contribution < 1.29 is 21.6 Å². The summed E-state index contributed by atoms with van der Waals surface area (Å²) < 4.78 is 55.5. The number of benzene rings is 2. The Bertz CT molecular complexity index is 1850. The van der Waals surface area contributed by atoms with Gasteiger partial charge in [0.25, 0.3) is 20.0 Å². The number of aromatic nitrogens is 4. The van der Waals surface area contributed by atoms with Crippen LogP contribution in [0.25, 0.3) is 21.7 Å². The predicted molar refractivity (Wildman–Crippen MR) is 147 cm³/mol. The lowest BCUT2D eigenvalue weighted by atomic mass is 10.2. The fraction of sp³-hybridized carbons (Fsp3) is 0.0417. The van der Waals surface area contributed by atoms with Crippen molar-refractivity contribution in [3.05, 3.63) is 84.3 Å². The highest BCUT2D eigenvalue weighted by Crippen LogP contribution is 2.37. The van der Waals surface area contributed by atoms with E-state index in [-0.39, 0.29) is 35.9 Å². The topological polar surface area (TPSA) is 152 Å². The van der Waals surface area contributed by atoms with Crippen LogP contribution in [0, 0.1) is 0 Å². The van der Waals surface area contributed by atoms with Crippen LogP contribution < -0.4 is 9.03 Å². The number of hydrogen-bond donors (Lipinski definition) is 1. The molecule has 15 heteroatoms. The average molecular weight is 601 g/mol. The van der Waals surface area contributed by atoms with Gasteiger partial charge in [-0.25, -0.2) is 36.8 Å². The van der Waals surface area contributed by atoms with E-state index in [1.165, 1.54) is 73.9 Å². The third-order valence-corrected chi connectivity index (χ3v) is 10.6. The smallest absolute Gasteiger partial charge is 0.277 e. The number of halogens is 1. The van der Waals surface area contributed by atoms with Crippen LogP contribution in [0.1, 0.15) is 6.92 Å². The van der Waals surface area contributed by atoms with E-state index in [2.05, 4.69) is 25.3 Å². The molecule has 0 fully saturated rings. The molecule has 0 saturated carbocycles. The van der Waals surface area contributed by atoms with Crippen LogP contribution in [0.15, 0.2) is 88.9 Å². The van der Waals surface area contributed by atoms with Crippen LogP contribution in [0.5, 0.6) is 0 Å². The van der Waals surface area contributed by atoms with Gasteiger partial charge in [-0.05, 0) is 30.3 Å². The van der Waals surface area contributed by atoms with Crippen LogP contribution >= 0.6 is 22.9 Å². The molecule has 0 spiro atoms. The Labute approximate surface area is 232 Å². The van der Waals surface area contributed by atoms with Gasteiger partial charge in [-0.3, -0.25) is 4.79 Å². The van der Waals surface area contributed by atoms with Gasteiger partial charge in [0.2, 0.25) is 5.91 Å². The van der Waals surface area contributed by atoms with Gasteiger partial charge in [-0.2, -0.15) is 3.71 Å². The lowest BCUT2D eigenvalue weighted by Crippen LogP contribution is -2.37. The molecule has 1 amide bonds. The SMILES string of the molecule is CC(=O)Nc1nc2cnc(-c3cnc(Cl)c(N(S(=O)(=O)c4ccccc4)S(=O)(=O)c4ccccc4)c3)nc2s1. The highest BCUT2D eigenvalue weighted by Gasteiger charge is 2.38. The lowest BCUT2D eigenvalue weighted by Gasteiger charge is -2.25. The largest absolute Gasteiger partial charge is 0.302 e. The van der Waals surface area contributed by atoms with Crippen molar-refractivity contribution in [3.8, 4) is 11.4 Å². The fourth-order valence-electron chi connectivity index (χ4n) is 3.53. The summed E-state index contributed by atoms with van der Waals surface area (Å²) in [6, 6.07) is 15.5. The number of pyridine rings is 1. The second-order valence-electron chi connectivity index (χ2n) is 7.95. The average Bonchev–Trinajstić information content (AvgIpc) is 3.31. The van der Waals surface area contributed by atoms with E-state index in [0.29, 0.717) is 15.5 Å². The van der Waals surface area contributed by atoms with E-state index in [0.717, 1.165) is 11.3 Å². The second-order valence-corrected chi connectivity index (χ2v) is 13.1. The Balaban J connectivity index is 1.69. The maximum atomic E-state index is 13.8. The Hall–Kier alpha value is -3.98. The summed E-state index contributed by atoms with van der Waals surface area (Å²) in [4.78, 5) is 28.3. The molecule has 5 rings (SSSR count). The zero-order chi connectivity index (χ0) is 27.8. The van der Waals surface area contributed by atoms with E-state index in [1.807, 2.05) is 0 Å². The second kappa shape index (κ2) is 10.3. The molecular formula is C24H17ClN6O5S3. The van der Waals surface area contributed by atoms with Crippen molar-refractivity contribution in [1.82, 2.24) is 19.9 Å². The number of nitrogens with one attached hydrogen (secondary N) is 1. The summed E-state index contributed by atoms with van der Waals surface area (Å²) in [5, 5.41) is 2.54. The van der Waals surface area contributed by atoms with Gasteiger partial charge >= 0.3 is 0 Å². The normalized spacial score (nSPS) is 11.8. The molecule has 0 aliphatic carbocycles. The summed E-state index contributed by atoms with van der Waals surface area (Å²) in [6.45, 7) is 1.35. The third kappa shape index (κ3) is 5.18. The Morgan fingerprint density at radius 3 is 2.03 bits per heavy atom. The zero-order valence-electron chi connectivity index (χ0n) is 19.9. The molecule has 0 unspecified atom stereocenters. The van der Waals surface area contributed by atoms with Crippen molar-refractivity contribution in [3.63, 3.8) is 0 Å². The molecule has 3 aromatic heterocycles. The van der Waals surface area contributed by atoms with E-state index in [9.17, 15) is 21.6 Å². The molecule has 39 heavy (non-hydrogen) atoms. The molecule has 0 aliphatic rings. The highest BCUT2D eigenvalue weighted by molar-refractivity contribution is 8.10. The molecule has 0 atom stereocenters. The Morgan fingerprint density at radius 2 is 1.46 bits per heavy atom. The van der Waals surface area contributed by atoms with Crippen molar-refractivity contribution in [1.29, 1.82) is 0 Å². The molecule has 1 N–H and O–H groups in total. The van der Waals surface area contributed by atoms with Crippen LogP contribution in [0.2, 0.25) is 5.15 Å². The van der Waals surface area contributed by atoms with Crippen molar-refractivity contribution in [2.75, 3.05) is 9.03 Å². The predicted octanol–water partition coefficient (Wildman–Crippen LogP) is 4.34. The molecule has 5 aromatic rings. The number of carbonyl (C=O) groups is 1. The summed E-state index contributed by atoms with van der Waals surface area (Å²) in [6.07, 6.45) is 2.72. The molecule has 3 heterocycles. The van der Waals surface area contributed by atoms with Gasteiger partial charge < -0.3 is 5.32 Å². The monoisotopic (exact) mass is 600 g/mol. The number of fused-ring (bicyclic) bond motifs is 1. The maximum Gasteiger partial charge on any atom is 0.277 e. The van der Waals surface area contributed by atoms with E-state index in [4.69, 9.17) is 11.6 Å². The van der Waals surface area contributed by atoms with E-state index in [1.54, 1.807) is 12.1 Å². The van der Waals surface area contributed by atoms with Crippen molar-refractivity contribution in [2.24, 2.45) is 0 Å². The maximum absolute atomic E-state index is 13.8. The number of thiazole rings is 1. The number of nitrogens with zero attached hydrogens (tertiary/aromatic N) is 5. The molecule has 0 aliphatic heterocycles. The van der Waals surface area contributed by atoms with Gasteiger partial charge in [-0.1, -0.05) is 59.3 Å². The van der Waals surface area contributed by atoms with Gasteiger partial charge in [0.15, 0.2) is 16.1 Å². The van der Waals surface area contributed by atoms with Gasteiger partial charge in [0, 0.05) is 18.7 Å². The minimum Gasteiger partial charge on any atom is -0.302 e. The first-order valence-corrected chi connectivity index (χ1v) is 15.1. The Morgan fingerprint density at radius 1 is 0.872 bits per heavy atom. The van der Waals surface area contributed by atoms with E-state index >= 15 is 0 Å². The summed E-state index contributed by atoms with van der Waals surface area (Å²) in [7, 11) is -9.38. The fourth-order valence-corrected chi connectivity index (χ4v) is 8.41. The molecule has 0 radical (unpaired) electrons. The molecular weight excluding hydrogens is 584 g/mol. The van der Waals surface area contributed by atoms with E-state index < -0.39 is 25.7 Å². The minimum absolute atomic E-state index is 0.111. The first-order chi connectivity index (χ1) is 18.6. The summed E-state index contributed by atoms with van der Waals surface area (Å²) in [5.41, 5.74) is 0.214. The number of carbonyl (C=O) groups excluding carboxylic acids is 1. The zero-order valence-corrected chi connectivity index (χ0v) is 23.1. The van der Waals surface area contributed by atoms with Crippen molar-refractivity contribution >= 4 is 70.1 Å². The summed E-state index contributed by atoms with van der Waals surface area (Å²) in [5.74, 6) is -0.187. The molecule has 0 bridgehead atoms. The minimum atomic E-state index is -4.69. The third-order valence-electron chi connectivity index (χ3n) is 5.23. The van der Waals surface area contributed by atoms with Crippen LogP contribution in [0.4, 0.5) is 10.8 Å². The molecule has 11 nitrogen and oxygen atoms in total. The number of rotatable bonds is 7. The number of amides is 1. The summed E-state index contributed by atoms with van der Waals surface area (Å²) >= 11 is 7.45. The van der Waals surface area contributed by atoms with Gasteiger partial charge in [0.05, 0.1) is 16.0 Å². The molecule has 198 valence electrons. The number of sulfonamides is 2. The highest BCUT2D eigenvalue weighted by atomic mass is 35.5. The van der Waals surface area contributed by atoms with Gasteiger partial charge in [-0.15, -0.1) is 0 Å². The van der Waals surface area contributed by atoms with Crippen LogP contribution in [0.3, 0.4) is 0 Å². The lowest BCUT2D eigenvalue weighted by molar-refractivity contribution is -0.114. The van der Waals surface area contributed by atoms with Crippen molar-refractivity contribution in [2.45, 2.75) is 16.7 Å². The standard InChI is InChI=1S/C24H17ClN6O5S3/c1-15(32)28-24-29-19-14-27-22(30-23(19)37-24)16-12-20(21(25)26-13-16)31(38(33,34)17-8-4-2-5-9-17)39(35,36)18-10-6-3-7-11-18/h2-14H,1H3,(H,28,29,32). The quantitative estimate of drug-likeness (QED) is 0.269. The number of hydrogen-bond acceptors (Lipinski definition) is 10. The first kappa shape index (κ1) is 26.6. The number of anilines is 2. The molecule has 0 saturated heterocycles. The van der Waals surface area contributed by atoms with Gasteiger partial charge in [0.1, 0.15) is 16.0 Å². The first-order valence-electron chi connectivity index (χ1n) is 11.0.